The normalized spacial score (nSPS) is 22.5. The number of carbonyl (C=O) groups excluding carboxylic acids is 1. The Bertz CT molecular complexity index is 1270. The summed E-state index contributed by atoms with van der Waals surface area (Å²) >= 11 is 0. The minimum absolute atomic E-state index is 0.0599. The van der Waals surface area contributed by atoms with Gasteiger partial charge < -0.3 is 20.1 Å². The molecule has 10 heteroatoms. The molecule has 3 aliphatic rings. The Balaban J connectivity index is 1.20. The fraction of sp³-hybridized carbons (Fsp3) is 0.458. The highest BCUT2D eigenvalue weighted by molar-refractivity contribution is 5.95. The second-order valence-corrected chi connectivity index (χ2v) is 9.47. The number of hydrogen-bond acceptors (Lipinski definition) is 8. The van der Waals surface area contributed by atoms with Gasteiger partial charge in [-0.2, -0.15) is 15.1 Å². The van der Waals surface area contributed by atoms with Gasteiger partial charge in [0.15, 0.2) is 5.65 Å². The third-order valence-electron chi connectivity index (χ3n) is 7.00. The number of rotatable bonds is 7. The highest BCUT2D eigenvalue weighted by atomic mass is 16.5. The smallest absolute Gasteiger partial charge is 0.319 e. The number of aromatic nitrogens is 5. The van der Waals surface area contributed by atoms with Gasteiger partial charge in [0.25, 0.3) is 5.91 Å². The van der Waals surface area contributed by atoms with Crippen LogP contribution in [-0.2, 0) is 0 Å². The number of hydrogen-bond donors (Lipinski definition) is 3. The van der Waals surface area contributed by atoms with E-state index in [4.69, 9.17) is 4.74 Å². The van der Waals surface area contributed by atoms with Crippen LogP contribution >= 0.6 is 0 Å². The van der Waals surface area contributed by atoms with Crippen molar-refractivity contribution >= 4 is 22.8 Å². The molecule has 0 spiro atoms. The van der Waals surface area contributed by atoms with Gasteiger partial charge in [0.05, 0.1) is 11.6 Å². The predicted molar refractivity (Wildman–Crippen MR) is 125 cm³/mol. The number of piperidine rings is 1. The molecule has 0 radical (unpaired) electrons. The average molecular weight is 462 g/mol. The van der Waals surface area contributed by atoms with Crippen LogP contribution in [0.15, 0.2) is 36.0 Å². The van der Waals surface area contributed by atoms with Crippen LogP contribution < -0.4 is 15.0 Å². The first-order valence-electron chi connectivity index (χ1n) is 11.8. The van der Waals surface area contributed by atoms with Crippen LogP contribution in [0.1, 0.15) is 54.7 Å². The number of nitrogens with zero attached hydrogens (tertiary/aromatic N) is 5. The highest BCUT2D eigenvalue weighted by Crippen LogP contribution is 2.54. The van der Waals surface area contributed by atoms with E-state index < -0.39 is 6.10 Å². The number of nitrogens with one attached hydrogen (secondary N) is 2. The Morgan fingerprint density at radius 2 is 2.24 bits per heavy atom. The zero-order chi connectivity index (χ0) is 23.3. The summed E-state index contributed by atoms with van der Waals surface area (Å²) in [7, 11) is 0. The third kappa shape index (κ3) is 3.77. The summed E-state index contributed by atoms with van der Waals surface area (Å²) in [5, 5.41) is 21.3. The summed E-state index contributed by atoms with van der Waals surface area (Å²) in [5.41, 5.74) is 3.30. The van der Waals surface area contributed by atoms with Crippen LogP contribution in [0.2, 0.25) is 0 Å². The van der Waals surface area contributed by atoms with Crippen LogP contribution in [0.5, 0.6) is 6.01 Å². The van der Waals surface area contributed by atoms with Crippen LogP contribution in [-0.4, -0.2) is 67.5 Å². The Morgan fingerprint density at radius 3 is 2.94 bits per heavy atom. The number of pyridine rings is 1. The molecule has 3 aromatic rings. The number of anilines is 1. The fourth-order valence-electron chi connectivity index (χ4n) is 4.90. The summed E-state index contributed by atoms with van der Waals surface area (Å²) in [6, 6.07) is 5.83. The molecule has 1 unspecified atom stereocenters. The SMILES string of the molecule is C[C@@H](O)COc1nc(C(=O)NC23CC=C2C3)cc(N2CCC(c3[nH]nc4ncccc34)CC2)n1. The number of H-pyrrole nitrogens is 1. The van der Waals surface area contributed by atoms with Gasteiger partial charge in [-0.1, -0.05) is 6.08 Å². The van der Waals surface area contributed by atoms with Crippen molar-refractivity contribution < 1.29 is 14.6 Å². The molecule has 2 fully saturated rings. The minimum atomic E-state index is -0.660. The van der Waals surface area contributed by atoms with E-state index in [1.54, 1.807) is 19.2 Å². The van der Waals surface area contributed by atoms with E-state index >= 15 is 0 Å². The molecule has 1 saturated heterocycles. The van der Waals surface area contributed by atoms with Gasteiger partial charge in [0.2, 0.25) is 0 Å². The molecule has 0 bridgehead atoms. The van der Waals surface area contributed by atoms with E-state index in [2.05, 4.69) is 47.5 Å². The van der Waals surface area contributed by atoms with Crippen LogP contribution in [0, 0.1) is 0 Å². The second-order valence-electron chi connectivity index (χ2n) is 9.47. The van der Waals surface area contributed by atoms with Gasteiger partial charge in [0.1, 0.15) is 18.1 Å². The van der Waals surface area contributed by atoms with E-state index in [0.29, 0.717) is 11.7 Å². The van der Waals surface area contributed by atoms with Crippen molar-refractivity contribution in [3.8, 4) is 6.01 Å². The summed E-state index contributed by atoms with van der Waals surface area (Å²) in [5.74, 6) is 0.784. The number of aromatic amines is 1. The average Bonchev–Trinajstić information content (AvgIpc) is 3.18. The standard InChI is InChI=1S/C24H27N7O3/c1-14(32)13-34-23-26-18(22(33)28-24-7-4-16(24)12-24)11-19(27-23)31-9-5-15(6-10-31)20-17-3-2-8-25-21(17)30-29-20/h2-4,8,11,14-15,32H,5-7,9-10,12-13H2,1H3,(H,28,33)(H,25,29,30)/t14-,24?/m1/s1. The van der Waals surface area contributed by atoms with Gasteiger partial charge in [-0.25, -0.2) is 4.98 Å². The summed E-state index contributed by atoms with van der Waals surface area (Å²) < 4.78 is 5.59. The maximum atomic E-state index is 13.0. The Labute approximate surface area is 196 Å². The molecule has 1 saturated carbocycles. The summed E-state index contributed by atoms with van der Waals surface area (Å²) in [6.45, 7) is 3.24. The fourth-order valence-corrected chi connectivity index (χ4v) is 4.90. The second kappa shape index (κ2) is 8.05. The highest BCUT2D eigenvalue weighted by Gasteiger charge is 2.55. The molecule has 34 heavy (non-hydrogen) atoms. The van der Waals surface area contributed by atoms with Crippen molar-refractivity contribution in [2.24, 2.45) is 0 Å². The predicted octanol–water partition coefficient (Wildman–Crippen LogP) is 2.09. The van der Waals surface area contributed by atoms with E-state index in [0.717, 1.165) is 55.5 Å². The van der Waals surface area contributed by atoms with Crippen LogP contribution in [0.4, 0.5) is 5.82 Å². The van der Waals surface area contributed by atoms with E-state index in [1.807, 2.05) is 6.07 Å². The lowest BCUT2D eigenvalue weighted by atomic mass is 9.92. The van der Waals surface area contributed by atoms with E-state index in [9.17, 15) is 9.90 Å². The number of amides is 1. The number of fused-ring (bicyclic) bond motifs is 2. The molecular formula is C24H27N7O3. The van der Waals surface area contributed by atoms with Gasteiger partial charge in [0, 0.05) is 42.4 Å². The lowest BCUT2D eigenvalue weighted by Gasteiger charge is -2.32. The molecule has 2 aliphatic carbocycles. The summed E-state index contributed by atoms with van der Waals surface area (Å²) in [4.78, 5) is 28.3. The zero-order valence-corrected chi connectivity index (χ0v) is 19.0. The lowest BCUT2D eigenvalue weighted by Crippen LogP contribution is -2.40. The molecule has 6 rings (SSSR count). The first-order valence-corrected chi connectivity index (χ1v) is 11.8. The van der Waals surface area contributed by atoms with Crippen molar-refractivity contribution in [1.82, 2.24) is 30.5 Å². The number of aliphatic hydroxyl groups is 1. The first-order chi connectivity index (χ1) is 16.5. The Kier molecular flexibility index (Phi) is 4.98. The molecule has 2 atom stereocenters. The van der Waals surface area contributed by atoms with Crippen molar-refractivity contribution in [3.63, 3.8) is 0 Å². The van der Waals surface area contributed by atoms with Crippen molar-refractivity contribution in [3.05, 3.63) is 47.4 Å². The maximum Gasteiger partial charge on any atom is 0.319 e. The molecule has 0 aromatic carbocycles. The number of aliphatic hydroxyl groups excluding tert-OH is 1. The van der Waals surface area contributed by atoms with Crippen LogP contribution in [0.3, 0.4) is 0 Å². The molecule has 1 amide bonds. The Hall–Kier alpha value is -3.53. The van der Waals surface area contributed by atoms with Gasteiger partial charge in [-0.15, -0.1) is 0 Å². The quantitative estimate of drug-likeness (QED) is 0.456. The Morgan fingerprint density at radius 1 is 1.38 bits per heavy atom. The molecule has 1 aliphatic heterocycles. The molecule has 10 nitrogen and oxygen atoms in total. The van der Waals surface area contributed by atoms with Crippen molar-refractivity contribution in [2.45, 2.75) is 50.2 Å². The molecule has 3 N–H and O–H groups in total. The van der Waals surface area contributed by atoms with E-state index in [1.165, 1.54) is 5.57 Å². The molecule has 4 heterocycles. The van der Waals surface area contributed by atoms with E-state index in [-0.39, 0.29) is 29.8 Å². The number of carbonyl (C=O) groups is 1. The van der Waals surface area contributed by atoms with Crippen LogP contribution in [0.25, 0.3) is 11.0 Å². The largest absolute Gasteiger partial charge is 0.461 e. The minimum Gasteiger partial charge on any atom is -0.461 e. The molecule has 176 valence electrons. The monoisotopic (exact) mass is 461 g/mol. The van der Waals surface area contributed by atoms with Gasteiger partial charge in [-0.05, 0) is 50.3 Å². The lowest BCUT2D eigenvalue weighted by molar-refractivity contribution is 0.0923. The van der Waals surface area contributed by atoms with Gasteiger partial charge >= 0.3 is 6.01 Å². The van der Waals surface area contributed by atoms with Gasteiger partial charge in [-0.3, -0.25) is 9.89 Å². The first kappa shape index (κ1) is 21.0. The molecular weight excluding hydrogens is 434 g/mol. The van der Waals surface area contributed by atoms with Crippen molar-refractivity contribution in [1.29, 1.82) is 0 Å². The maximum absolute atomic E-state index is 13.0. The molecule has 3 aromatic heterocycles. The zero-order valence-electron chi connectivity index (χ0n) is 19.0. The topological polar surface area (TPSA) is 129 Å². The third-order valence-corrected chi connectivity index (χ3v) is 7.00. The number of ether oxygens (including phenoxy) is 1. The van der Waals surface area contributed by atoms with Crippen molar-refractivity contribution in [2.75, 3.05) is 24.6 Å². The summed E-state index contributed by atoms with van der Waals surface area (Å²) in [6.07, 6.45) is 6.88.